The Bertz CT molecular complexity index is 594. The van der Waals surface area contributed by atoms with Gasteiger partial charge in [-0.3, -0.25) is 0 Å². The molecule has 3 nitrogen and oxygen atoms in total. The summed E-state index contributed by atoms with van der Waals surface area (Å²) < 4.78 is 11.6. The molecule has 112 valence electrons. The van der Waals surface area contributed by atoms with Crippen LogP contribution in [0.5, 0.6) is 17.2 Å². The van der Waals surface area contributed by atoms with Gasteiger partial charge in [-0.1, -0.05) is 39.0 Å². The number of hydrogen-bond donors (Lipinski definition) is 1. The van der Waals surface area contributed by atoms with Crippen molar-refractivity contribution < 1.29 is 9.47 Å². The Kier molecular flexibility index (Phi) is 5.09. The SMILES string of the molecule is CCCOc1cc(Oc2ccccc2C(C)C)ccc1N. The molecule has 0 unspecified atom stereocenters. The number of ether oxygens (including phenoxy) is 2. The van der Waals surface area contributed by atoms with Crippen molar-refractivity contribution in [1.82, 2.24) is 0 Å². The maximum atomic E-state index is 6.01. The lowest BCUT2D eigenvalue weighted by atomic mass is 10.0. The van der Waals surface area contributed by atoms with Crippen molar-refractivity contribution in [2.75, 3.05) is 12.3 Å². The molecule has 0 atom stereocenters. The van der Waals surface area contributed by atoms with Crippen LogP contribution in [-0.2, 0) is 0 Å². The van der Waals surface area contributed by atoms with Gasteiger partial charge < -0.3 is 15.2 Å². The molecule has 0 aliphatic rings. The molecule has 2 aromatic carbocycles. The molecule has 0 fully saturated rings. The topological polar surface area (TPSA) is 44.5 Å². The van der Waals surface area contributed by atoms with Crippen molar-refractivity contribution in [2.45, 2.75) is 33.1 Å². The van der Waals surface area contributed by atoms with E-state index in [9.17, 15) is 0 Å². The fraction of sp³-hybridized carbons (Fsp3) is 0.333. The average molecular weight is 285 g/mol. The summed E-state index contributed by atoms with van der Waals surface area (Å²) in [5, 5.41) is 0. The van der Waals surface area contributed by atoms with Crippen molar-refractivity contribution in [3.63, 3.8) is 0 Å². The van der Waals surface area contributed by atoms with Crippen LogP contribution in [0.4, 0.5) is 5.69 Å². The van der Waals surface area contributed by atoms with Crippen LogP contribution in [0.1, 0.15) is 38.7 Å². The van der Waals surface area contributed by atoms with Crippen LogP contribution in [0.25, 0.3) is 0 Å². The first-order chi connectivity index (χ1) is 10.1. The number of nitrogen functional groups attached to an aromatic ring is 1. The van der Waals surface area contributed by atoms with Gasteiger partial charge in [0.15, 0.2) is 0 Å². The smallest absolute Gasteiger partial charge is 0.145 e. The number of hydrogen-bond acceptors (Lipinski definition) is 3. The highest BCUT2D eigenvalue weighted by atomic mass is 16.5. The number of anilines is 1. The summed E-state index contributed by atoms with van der Waals surface area (Å²) >= 11 is 0. The van der Waals surface area contributed by atoms with Gasteiger partial charge in [0.1, 0.15) is 17.2 Å². The third-order valence-corrected chi connectivity index (χ3v) is 3.22. The molecule has 0 aromatic heterocycles. The molecule has 0 spiro atoms. The first kappa shape index (κ1) is 15.2. The normalized spacial score (nSPS) is 10.7. The summed E-state index contributed by atoms with van der Waals surface area (Å²) in [6.45, 7) is 7.02. The lowest BCUT2D eigenvalue weighted by Gasteiger charge is -2.15. The van der Waals surface area contributed by atoms with Crippen LogP contribution in [0.3, 0.4) is 0 Å². The third kappa shape index (κ3) is 3.91. The second kappa shape index (κ2) is 7.02. The highest BCUT2D eigenvalue weighted by Crippen LogP contribution is 2.33. The Hall–Kier alpha value is -2.16. The Morgan fingerprint density at radius 2 is 1.81 bits per heavy atom. The second-order valence-electron chi connectivity index (χ2n) is 5.34. The Labute approximate surface area is 126 Å². The van der Waals surface area contributed by atoms with Crippen molar-refractivity contribution in [1.29, 1.82) is 0 Å². The Morgan fingerprint density at radius 3 is 2.52 bits per heavy atom. The van der Waals surface area contributed by atoms with E-state index in [1.807, 2.05) is 36.4 Å². The van der Waals surface area contributed by atoms with Crippen LogP contribution in [0, 0.1) is 0 Å². The van der Waals surface area contributed by atoms with Crippen molar-refractivity contribution in [2.24, 2.45) is 0 Å². The molecular formula is C18H23NO2. The van der Waals surface area contributed by atoms with E-state index in [0.717, 1.165) is 17.9 Å². The molecule has 0 saturated carbocycles. The van der Waals surface area contributed by atoms with E-state index in [4.69, 9.17) is 15.2 Å². The summed E-state index contributed by atoms with van der Waals surface area (Å²) in [4.78, 5) is 0. The largest absolute Gasteiger partial charge is 0.491 e. The zero-order chi connectivity index (χ0) is 15.2. The quantitative estimate of drug-likeness (QED) is 0.762. The van der Waals surface area contributed by atoms with Gasteiger partial charge in [0.05, 0.1) is 12.3 Å². The number of nitrogens with two attached hydrogens (primary N) is 1. The van der Waals surface area contributed by atoms with Gasteiger partial charge in [-0.2, -0.15) is 0 Å². The van der Waals surface area contributed by atoms with Crippen LogP contribution in [-0.4, -0.2) is 6.61 Å². The minimum atomic E-state index is 0.408. The molecular weight excluding hydrogens is 262 g/mol. The van der Waals surface area contributed by atoms with Gasteiger partial charge in [0.25, 0.3) is 0 Å². The van der Waals surface area contributed by atoms with E-state index < -0.39 is 0 Å². The van der Waals surface area contributed by atoms with E-state index in [1.54, 1.807) is 0 Å². The summed E-state index contributed by atoms with van der Waals surface area (Å²) in [6.07, 6.45) is 0.945. The summed E-state index contributed by atoms with van der Waals surface area (Å²) in [7, 11) is 0. The molecule has 0 radical (unpaired) electrons. The fourth-order valence-corrected chi connectivity index (χ4v) is 2.09. The second-order valence-corrected chi connectivity index (χ2v) is 5.34. The minimum Gasteiger partial charge on any atom is -0.491 e. The van der Waals surface area contributed by atoms with Gasteiger partial charge in [-0.15, -0.1) is 0 Å². The predicted molar refractivity (Wildman–Crippen MR) is 87.2 cm³/mol. The Balaban J connectivity index is 2.24. The zero-order valence-electron chi connectivity index (χ0n) is 12.9. The monoisotopic (exact) mass is 285 g/mol. The molecule has 0 aliphatic heterocycles. The number of rotatable bonds is 6. The first-order valence-corrected chi connectivity index (χ1v) is 7.41. The predicted octanol–water partition coefficient (Wildman–Crippen LogP) is 4.97. The number of para-hydroxylation sites is 1. The van der Waals surface area contributed by atoms with E-state index in [2.05, 4.69) is 26.8 Å². The molecule has 2 rings (SSSR count). The lowest BCUT2D eigenvalue weighted by molar-refractivity contribution is 0.317. The third-order valence-electron chi connectivity index (χ3n) is 3.22. The summed E-state index contributed by atoms with van der Waals surface area (Å²) in [5.74, 6) is 2.70. The minimum absolute atomic E-state index is 0.408. The molecule has 0 amide bonds. The average Bonchev–Trinajstić information content (AvgIpc) is 2.48. The van der Waals surface area contributed by atoms with E-state index in [1.165, 1.54) is 5.56 Å². The molecule has 2 aromatic rings. The molecule has 0 bridgehead atoms. The summed E-state index contributed by atoms with van der Waals surface area (Å²) in [5.41, 5.74) is 7.74. The standard InChI is InChI=1S/C18H23NO2/c1-4-11-20-18-12-14(9-10-16(18)19)21-17-8-6-5-7-15(17)13(2)3/h5-10,12-13H,4,11,19H2,1-3H3. The van der Waals surface area contributed by atoms with Gasteiger partial charge in [0, 0.05) is 6.07 Å². The van der Waals surface area contributed by atoms with Crippen LogP contribution < -0.4 is 15.2 Å². The first-order valence-electron chi connectivity index (χ1n) is 7.41. The molecule has 0 heterocycles. The van der Waals surface area contributed by atoms with Crippen LogP contribution in [0.15, 0.2) is 42.5 Å². The van der Waals surface area contributed by atoms with Crippen molar-refractivity contribution in [3.8, 4) is 17.2 Å². The van der Waals surface area contributed by atoms with Crippen LogP contribution in [0.2, 0.25) is 0 Å². The fourth-order valence-electron chi connectivity index (χ4n) is 2.09. The molecule has 21 heavy (non-hydrogen) atoms. The molecule has 3 heteroatoms. The van der Waals surface area contributed by atoms with Crippen LogP contribution >= 0.6 is 0 Å². The molecule has 2 N–H and O–H groups in total. The Morgan fingerprint density at radius 1 is 1.05 bits per heavy atom. The van der Waals surface area contributed by atoms with E-state index in [-0.39, 0.29) is 0 Å². The van der Waals surface area contributed by atoms with Gasteiger partial charge in [0.2, 0.25) is 0 Å². The number of benzene rings is 2. The zero-order valence-corrected chi connectivity index (χ0v) is 12.9. The summed E-state index contributed by atoms with van der Waals surface area (Å²) in [6, 6.07) is 13.6. The van der Waals surface area contributed by atoms with E-state index >= 15 is 0 Å². The van der Waals surface area contributed by atoms with Gasteiger partial charge in [-0.25, -0.2) is 0 Å². The maximum Gasteiger partial charge on any atom is 0.145 e. The van der Waals surface area contributed by atoms with Crippen molar-refractivity contribution in [3.05, 3.63) is 48.0 Å². The van der Waals surface area contributed by atoms with Crippen molar-refractivity contribution >= 4 is 5.69 Å². The van der Waals surface area contributed by atoms with Gasteiger partial charge in [-0.05, 0) is 36.1 Å². The van der Waals surface area contributed by atoms with Gasteiger partial charge >= 0.3 is 0 Å². The lowest BCUT2D eigenvalue weighted by Crippen LogP contribution is -2.00. The molecule has 0 aliphatic carbocycles. The van der Waals surface area contributed by atoms with E-state index in [0.29, 0.717) is 24.0 Å². The highest BCUT2D eigenvalue weighted by Gasteiger charge is 2.09. The molecule has 0 saturated heterocycles. The maximum absolute atomic E-state index is 6.01. The highest BCUT2D eigenvalue weighted by molar-refractivity contribution is 5.56.